The summed E-state index contributed by atoms with van der Waals surface area (Å²) in [5.74, 6) is 0.0925. The lowest BCUT2D eigenvalue weighted by molar-refractivity contribution is -0.116. The van der Waals surface area contributed by atoms with Gasteiger partial charge in [-0.15, -0.1) is 0 Å². The summed E-state index contributed by atoms with van der Waals surface area (Å²) in [6.07, 6.45) is 0.547. The normalized spacial score (nSPS) is 15.6. The average Bonchev–Trinajstić information content (AvgIpc) is 2.75. The van der Waals surface area contributed by atoms with E-state index in [-0.39, 0.29) is 17.2 Å². The van der Waals surface area contributed by atoms with Crippen LogP contribution in [0, 0.1) is 0 Å². The zero-order valence-corrected chi connectivity index (χ0v) is 19.7. The van der Waals surface area contributed by atoms with Crippen LogP contribution in [0.15, 0.2) is 41.3 Å². The maximum absolute atomic E-state index is 13.0. The molecule has 0 aromatic heterocycles. The zero-order chi connectivity index (χ0) is 22.6. The minimum Gasteiger partial charge on any atom is -0.495 e. The molecule has 1 heterocycles. The largest absolute Gasteiger partial charge is 0.495 e. The van der Waals surface area contributed by atoms with Crippen molar-refractivity contribution in [2.24, 2.45) is 0 Å². The fourth-order valence-corrected chi connectivity index (χ4v) is 5.19. The van der Waals surface area contributed by atoms with Gasteiger partial charge in [-0.1, -0.05) is 35.3 Å². The number of amides is 1. The van der Waals surface area contributed by atoms with Crippen molar-refractivity contribution in [3.63, 3.8) is 0 Å². The predicted octanol–water partition coefficient (Wildman–Crippen LogP) is 3.51. The Morgan fingerprint density at radius 1 is 1.13 bits per heavy atom. The summed E-state index contributed by atoms with van der Waals surface area (Å²) in [6, 6.07) is 9.75. The Kier molecular flexibility index (Phi) is 7.82. The van der Waals surface area contributed by atoms with Crippen LogP contribution in [0.4, 0.5) is 5.69 Å². The number of hydrogen-bond donors (Lipinski definition) is 1. The van der Waals surface area contributed by atoms with Crippen LogP contribution in [0.25, 0.3) is 0 Å². The molecule has 1 amide bonds. The number of nitrogens with zero attached hydrogens (tertiary/aromatic N) is 2. The monoisotopic (exact) mass is 485 g/mol. The van der Waals surface area contributed by atoms with E-state index in [1.807, 2.05) is 13.1 Å². The first-order chi connectivity index (χ1) is 14.7. The number of anilines is 1. The second kappa shape index (κ2) is 10.2. The Balaban J connectivity index is 1.74. The van der Waals surface area contributed by atoms with Gasteiger partial charge in [0.2, 0.25) is 15.9 Å². The zero-order valence-electron chi connectivity index (χ0n) is 17.4. The third-order valence-electron chi connectivity index (χ3n) is 5.20. The van der Waals surface area contributed by atoms with Crippen LogP contribution in [0.1, 0.15) is 12.0 Å². The van der Waals surface area contributed by atoms with Crippen LogP contribution in [0.5, 0.6) is 5.75 Å². The highest BCUT2D eigenvalue weighted by Gasteiger charge is 2.28. The van der Waals surface area contributed by atoms with Crippen molar-refractivity contribution < 1.29 is 17.9 Å². The molecule has 0 bridgehead atoms. The standard InChI is InChI=1S/C21H25Cl2N3O4S/c1-25-10-12-26(13-11-25)31(28,29)16-7-8-19(30-2)18(14-16)24-20(27)9-6-15-4-3-5-17(22)21(15)23/h3-5,7-8,14H,6,9-13H2,1-2H3,(H,24,27). The summed E-state index contributed by atoms with van der Waals surface area (Å²) < 4.78 is 32.8. The van der Waals surface area contributed by atoms with Gasteiger partial charge in [0.25, 0.3) is 0 Å². The molecule has 0 spiro atoms. The van der Waals surface area contributed by atoms with E-state index >= 15 is 0 Å². The maximum Gasteiger partial charge on any atom is 0.243 e. The third-order valence-corrected chi connectivity index (χ3v) is 7.95. The van der Waals surface area contributed by atoms with E-state index in [0.717, 1.165) is 5.56 Å². The van der Waals surface area contributed by atoms with Gasteiger partial charge in [-0.2, -0.15) is 4.31 Å². The van der Waals surface area contributed by atoms with Crippen molar-refractivity contribution in [2.45, 2.75) is 17.7 Å². The molecule has 1 N–H and O–H groups in total. The van der Waals surface area contributed by atoms with E-state index in [4.69, 9.17) is 27.9 Å². The molecular formula is C21H25Cl2N3O4S. The Morgan fingerprint density at radius 2 is 1.84 bits per heavy atom. The number of aryl methyl sites for hydroxylation is 1. The lowest BCUT2D eigenvalue weighted by Crippen LogP contribution is -2.47. The first-order valence-corrected chi connectivity index (χ1v) is 12.0. The van der Waals surface area contributed by atoms with Crippen molar-refractivity contribution in [3.05, 3.63) is 52.0 Å². The lowest BCUT2D eigenvalue weighted by Gasteiger charge is -2.31. The van der Waals surface area contributed by atoms with E-state index in [1.165, 1.54) is 23.5 Å². The number of methoxy groups -OCH3 is 1. The van der Waals surface area contributed by atoms with Crippen molar-refractivity contribution >= 4 is 44.8 Å². The molecule has 1 aliphatic heterocycles. The van der Waals surface area contributed by atoms with Gasteiger partial charge in [0, 0.05) is 32.6 Å². The molecule has 0 saturated carbocycles. The number of likely N-dealkylation sites (N-methyl/N-ethyl adjacent to an activating group) is 1. The van der Waals surface area contributed by atoms with E-state index in [2.05, 4.69) is 10.2 Å². The summed E-state index contributed by atoms with van der Waals surface area (Å²) >= 11 is 12.2. The first kappa shape index (κ1) is 23.8. The van der Waals surface area contributed by atoms with Crippen LogP contribution >= 0.6 is 23.2 Å². The third kappa shape index (κ3) is 5.70. The smallest absolute Gasteiger partial charge is 0.243 e. The van der Waals surface area contributed by atoms with Gasteiger partial charge < -0.3 is 15.0 Å². The number of rotatable bonds is 7. The highest BCUT2D eigenvalue weighted by Crippen LogP contribution is 2.30. The van der Waals surface area contributed by atoms with Crippen LogP contribution in [0.2, 0.25) is 10.0 Å². The molecule has 1 saturated heterocycles. The lowest BCUT2D eigenvalue weighted by atomic mass is 10.1. The summed E-state index contributed by atoms with van der Waals surface area (Å²) in [5.41, 5.74) is 1.07. The number of nitrogens with one attached hydrogen (secondary N) is 1. The van der Waals surface area contributed by atoms with Crippen LogP contribution < -0.4 is 10.1 Å². The molecule has 0 radical (unpaired) electrons. The Morgan fingerprint density at radius 3 is 2.52 bits per heavy atom. The van der Waals surface area contributed by atoms with Crippen LogP contribution in [-0.2, 0) is 21.2 Å². The van der Waals surface area contributed by atoms with Gasteiger partial charge >= 0.3 is 0 Å². The predicted molar refractivity (Wildman–Crippen MR) is 123 cm³/mol. The number of carbonyl (C=O) groups is 1. The number of carbonyl (C=O) groups excluding carboxylic acids is 1. The molecule has 2 aromatic rings. The van der Waals surface area contributed by atoms with Gasteiger partial charge in [-0.3, -0.25) is 4.79 Å². The van der Waals surface area contributed by atoms with E-state index in [0.29, 0.717) is 54.1 Å². The molecular weight excluding hydrogens is 461 g/mol. The second-order valence-corrected chi connectivity index (χ2v) is 10.1. The fourth-order valence-electron chi connectivity index (χ4n) is 3.33. The molecule has 1 fully saturated rings. The van der Waals surface area contributed by atoms with E-state index < -0.39 is 10.0 Å². The molecule has 10 heteroatoms. The number of benzene rings is 2. The molecule has 2 aromatic carbocycles. The molecule has 31 heavy (non-hydrogen) atoms. The summed E-state index contributed by atoms with van der Waals surface area (Å²) in [6.45, 7) is 2.19. The van der Waals surface area contributed by atoms with Gasteiger partial charge in [-0.25, -0.2) is 8.42 Å². The van der Waals surface area contributed by atoms with Gasteiger partial charge in [0.05, 0.1) is 27.7 Å². The quantitative estimate of drug-likeness (QED) is 0.648. The number of piperazine rings is 1. The number of ether oxygens (including phenoxy) is 1. The molecule has 7 nitrogen and oxygen atoms in total. The molecule has 0 aliphatic carbocycles. The summed E-state index contributed by atoms with van der Waals surface area (Å²) in [4.78, 5) is 14.7. The highest BCUT2D eigenvalue weighted by molar-refractivity contribution is 7.89. The molecule has 168 valence electrons. The molecule has 1 aliphatic rings. The minimum atomic E-state index is -3.67. The summed E-state index contributed by atoms with van der Waals surface area (Å²) in [5, 5.41) is 3.62. The maximum atomic E-state index is 13.0. The highest BCUT2D eigenvalue weighted by atomic mass is 35.5. The minimum absolute atomic E-state index is 0.117. The van der Waals surface area contributed by atoms with Crippen molar-refractivity contribution in [2.75, 3.05) is 45.7 Å². The van der Waals surface area contributed by atoms with Crippen molar-refractivity contribution in [3.8, 4) is 5.75 Å². The van der Waals surface area contributed by atoms with Gasteiger partial charge in [-0.05, 0) is 43.3 Å². The topological polar surface area (TPSA) is 79.0 Å². The average molecular weight is 486 g/mol. The number of sulfonamides is 1. The first-order valence-electron chi connectivity index (χ1n) is 9.82. The molecule has 0 unspecified atom stereocenters. The number of halogens is 2. The second-order valence-electron chi connectivity index (χ2n) is 7.33. The number of hydrogen-bond acceptors (Lipinski definition) is 5. The summed E-state index contributed by atoms with van der Waals surface area (Å²) in [7, 11) is -0.243. The van der Waals surface area contributed by atoms with E-state index in [1.54, 1.807) is 18.2 Å². The van der Waals surface area contributed by atoms with Gasteiger partial charge in [0.15, 0.2) is 0 Å². The van der Waals surface area contributed by atoms with Crippen molar-refractivity contribution in [1.29, 1.82) is 0 Å². The Bertz CT molecular complexity index is 1050. The molecule has 0 atom stereocenters. The van der Waals surface area contributed by atoms with Crippen LogP contribution in [-0.4, -0.2) is 63.9 Å². The van der Waals surface area contributed by atoms with Crippen molar-refractivity contribution in [1.82, 2.24) is 9.21 Å². The van der Waals surface area contributed by atoms with Gasteiger partial charge in [0.1, 0.15) is 5.75 Å². The Labute approximate surface area is 192 Å². The fraction of sp³-hybridized carbons (Fsp3) is 0.381. The van der Waals surface area contributed by atoms with Crippen LogP contribution in [0.3, 0.4) is 0 Å². The Hall–Kier alpha value is -1.84. The molecule has 3 rings (SSSR count). The van der Waals surface area contributed by atoms with E-state index in [9.17, 15) is 13.2 Å². The SMILES string of the molecule is COc1ccc(S(=O)(=O)N2CCN(C)CC2)cc1NC(=O)CCc1cccc(Cl)c1Cl.